The van der Waals surface area contributed by atoms with Gasteiger partial charge in [0.15, 0.2) is 0 Å². The van der Waals surface area contributed by atoms with E-state index in [0.717, 1.165) is 13.0 Å². The second kappa shape index (κ2) is 12.2. The Morgan fingerprint density at radius 2 is 1.77 bits per heavy atom. The van der Waals surface area contributed by atoms with E-state index in [1.807, 2.05) is 0 Å². The monoisotopic (exact) mass is 547 g/mol. The lowest BCUT2D eigenvalue weighted by atomic mass is 9.94. The highest BCUT2D eigenvalue weighted by Crippen LogP contribution is 2.36. The molecule has 0 bridgehead atoms. The van der Waals surface area contributed by atoms with Crippen molar-refractivity contribution in [2.24, 2.45) is 0 Å². The molecule has 6 nitrogen and oxygen atoms in total. The minimum atomic E-state index is -1.64. The maximum atomic E-state index is 14.6. The lowest BCUT2D eigenvalue weighted by molar-refractivity contribution is 0.0947. The first-order chi connectivity index (χ1) is 18.9. The van der Waals surface area contributed by atoms with Gasteiger partial charge >= 0.3 is 0 Å². The van der Waals surface area contributed by atoms with E-state index in [1.165, 1.54) is 43.1 Å². The summed E-state index contributed by atoms with van der Waals surface area (Å²) in [7, 11) is 0.514. The first-order valence-electron chi connectivity index (χ1n) is 13.6. The Bertz CT molecular complexity index is 1390. The fraction of sp³-hybridized carbons (Fsp3) is 0.355. The van der Waals surface area contributed by atoms with Gasteiger partial charge in [0.2, 0.25) is 0 Å². The van der Waals surface area contributed by atoms with Crippen LogP contribution in [0.5, 0.6) is 0 Å². The molecule has 0 spiro atoms. The number of carbonyl (C=O) groups is 2. The van der Waals surface area contributed by atoms with Crippen molar-refractivity contribution in [3.63, 3.8) is 0 Å². The van der Waals surface area contributed by atoms with Gasteiger partial charge in [0.1, 0.15) is 5.82 Å². The lowest BCUT2D eigenvalue weighted by Crippen LogP contribution is -2.36. The van der Waals surface area contributed by atoms with Crippen molar-refractivity contribution in [3.8, 4) is 0 Å². The highest BCUT2D eigenvalue weighted by molar-refractivity contribution is 7.85. The van der Waals surface area contributed by atoms with E-state index in [-0.39, 0.29) is 18.4 Å². The van der Waals surface area contributed by atoms with Crippen molar-refractivity contribution >= 4 is 28.3 Å². The summed E-state index contributed by atoms with van der Waals surface area (Å²) in [6.45, 7) is 1.39. The van der Waals surface area contributed by atoms with Crippen molar-refractivity contribution in [1.29, 1.82) is 0 Å². The Morgan fingerprint density at radius 1 is 1.03 bits per heavy atom. The van der Waals surface area contributed by atoms with Gasteiger partial charge in [-0.05, 0) is 69.3 Å². The number of benzene rings is 3. The van der Waals surface area contributed by atoms with Crippen LogP contribution in [0.25, 0.3) is 0 Å². The SMILES string of the molecule is CN(CCCNC(=O)c1ccc2c(c1)N(Cc1ccccc1F)C(=O)c1ccccc1[S@]2=O)C1CCCCC1. The summed E-state index contributed by atoms with van der Waals surface area (Å²) in [6.07, 6.45) is 7.22. The second-order valence-electron chi connectivity index (χ2n) is 10.3. The number of hydrogen-bond acceptors (Lipinski definition) is 4. The number of anilines is 1. The van der Waals surface area contributed by atoms with E-state index in [2.05, 4.69) is 17.3 Å². The van der Waals surface area contributed by atoms with Gasteiger partial charge in [-0.3, -0.25) is 9.59 Å². The maximum Gasteiger partial charge on any atom is 0.259 e. The Balaban J connectivity index is 1.36. The van der Waals surface area contributed by atoms with Crippen LogP contribution >= 0.6 is 0 Å². The standard InChI is InChI=1S/C31H34FN3O3S/c1-34(24-11-3-2-4-12-24)19-9-18-33-30(36)22-16-17-29-27(20-22)35(21-23-10-5-7-14-26(23)32)31(37)25-13-6-8-15-28(25)39(29)38/h5-8,10,13-17,20,24H,2-4,9,11-12,18-19,21H2,1H3,(H,33,36)/t39-/m1/s1. The molecule has 2 aliphatic rings. The maximum absolute atomic E-state index is 14.6. The highest BCUT2D eigenvalue weighted by atomic mass is 32.2. The van der Waals surface area contributed by atoms with Gasteiger partial charge < -0.3 is 15.1 Å². The van der Waals surface area contributed by atoms with E-state index < -0.39 is 16.6 Å². The number of hydrogen-bond donors (Lipinski definition) is 1. The molecule has 1 N–H and O–H groups in total. The molecule has 3 aromatic rings. The third-order valence-corrected chi connectivity index (χ3v) is 9.23. The Morgan fingerprint density at radius 3 is 2.56 bits per heavy atom. The predicted octanol–water partition coefficient (Wildman–Crippen LogP) is 5.54. The second-order valence-corrected chi connectivity index (χ2v) is 11.7. The molecule has 1 aliphatic heterocycles. The molecule has 1 aliphatic carbocycles. The summed E-state index contributed by atoms with van der Waals surface area (Å²) in [5.74, 6) is -1.08. The average molecular weight is 548 g/mol. The zero-order chi connectivity index (χ0) is 27.4. The zero-order valence-corrected chi connectivity index (χ0v) is 23.0. The number of carbonyl (C=O) groups excluding carboxylic acids is 2. The topological polar surface area (TPSA) is 69.7 Å². The summed E-state index contributed by atoms with van der Waals surface area (Å²) in [5, 5.41) is 2.99. The molecular formula is C31H34FN3O3S. The Hall–Kier alpha value is -3.36. The fourth-order valence-corrected chi connectivity index (χ4v) is 6.84. The van der Waals surface area contributed by atoms with Crippen LogP contribution in [-0.4, -0.2) is 47.1 Å². The molecule has 3 aromatic carbocycles. The molecular weight excluding hydrogens is 513 g/mol. The molecule has 1 heterocycles. The van der Waals surface area contributed by atoms with Crippen molar-refractivity contribution in [1.82, 2.24) is 10.2 Å². The number of rotatable bonds is 8. The molecule has 2 amide bonds. The van der Waals surface area contributed by atoms with Gasteiger partial charge in [0.25, 0.3) is 11.8 Å². The molecule has 204 valence electrons. The Kier molecular flexibility index (Phi) is 8.53. The average Bonchev–Trinajstić information content (AvgIpc) is 3.05. The van der Waals surface area contributed by atoms with Crippen molar-refractivity contribution in [2.45, 2.75) is 60.9 Å². The van der Waals surface area contributed by atoms with Crippen molar-refractivity contribution in [3.05, 3.63) is 89.2 Å². The van der Waals surface area contributed by atoms with Crippen LogP contribution in [0.15, 0.2) is 76.5 Å². The van der Waals surface area contributed by atoms with Gasteiger partial charge in [-0.2, -0.15) is 0 Å². The van der Waals surface area contributed by atoms with Crippen LogP contribution in [0.4, 0.5) is 10.1 Å². The minimum Gasteiger partial charge on any atom is -0.352 e. The minimum absolute atomic E-state index is 0.0530. The van der Waals surface area contributed by atoms with E-state index in [0.29, 0.717) is 44.8 Å². The number of fused-ring (bicyclic) bond motifs is 2. The summed E-state index contributed by atoms with van der Waals surface area (Å²) in [4.78, 5) is 31.4. The molecule has 39 heavy (non-hydrogen) atoms. The number of nitrogens with one attached hydrogen (secondary N) is 1. The largest absolute Gasteiger partial charge is 0.352 e. The molecule has 8 heteroatoms. The fourth-order valence-electron chi connectivity index (χ4n) is 5.50. The van der Waals surface area contributed by atoms with E-state index >= 15 is 0 Å². The van der Waals surface area contributed by atoms with Gasteiger partial charge in [-0.1, -0.05) is 49.6 Å². The van der Waals surface area contributed by atoms with E-state index in [1.54, 1.807) is 60.7 Å². The normalized spacial score (nSPS) is 17.5. The molecule has 1 saturated carbocycles. The molecule has 1 fully saturated rings. The van der Waals surface area contributed by atoms with E-state index in [4.69, 9.17) is 0 Å². The third kappa shape index (κ3) is 5.97. The van der Waals surface area contributed by atoms with Crippen LogP contribution in [-0.2, 0) is 17.3 Å². The summed E-state index contributed by atoms with van der Waals surface area (Å²) in [6, 6.07) is 18.5. The third-order valence-electron chi connectivity index (χ3n) is 7.73. The molecule has 0 radical (unpaired) electrons. The van der Waals surface area contributed by atoms with Crippen molar-refractivity contribution in [2.75, 3.05) is 25.0 Å². The first-order valence-corrected chi connectivity index (χ1v) is 14.8. The molecule has 0 aromatic heterocycles. The van der Waals surface area contributed by atoms with Crippen LogP contribution in [0, 0.1) is 5.82 Å². The number of amides is 2. The summed E-state index contributed by atoms with van der Waals surface area (Å²) in [5.41, 5.74) is 1.35. The smallest absolute Gasteiger partial charge is 0.259 e. The Labute approximate surface area is 231 Å². The van der Waals surface area contributed by atoms with Crippen LogP contribution < -0.4 is 10.2 Å². The van der Waals surface area contributed by atoms with Gasteiger partial charge in [-0.25, -0.2) is 8.60 Å². The zero-order valence-electron chi connectivity index (χ0n) is 22.2. The van der Waals surface area contributed by atoms with Gasteiger partial charge in [-0.15, -0.1) is 0 Å². The lowest BCUT2D eigenvalue weighted by Gasteiger charge is -2.31. The summed E-state index contributed by atoms with van der Waals surface area (Å²) >= 11 is 0. The molecule has 5 rings (SSSR count). The quantitative estimate of drug-likeness (QED) is 0.376. The van der Waals surface area contributed by atoms with Crippen LogP contribution in [0.3, 0.4) is 0 Å². The van der Waals surface area contributed by atoms with Crippen LogP contribution in [0.1, 0.15) is 64.8 Å². The van der Waals surface area contributed by atoms with Crippen LogP contribution in [0.2, 0.25) is 0 Å². The molecule has 0 saturated heterocycles. The van der Waals surface area contributed by atoms with Gasteiger partial charge in [0, 0.05) is 23.7 Å². The highest BCUT2D eigenvalue weighted by Gasteiger charge is 2.32. The summed E-state index contributed by atoms with van der Waals surface area (Å²) < 4.78 is 28.2. The predicted molar refractivity (Wildman–Crippen MR) is 151 cm³/mol. The van der Waals surface area contributed by atoms with E-state index in [9.17, 15) is 18.2 Å². The van der Waals surface area contributed by atoms with Crippen molar-refractivity contribution < 1.29 is 18.2 Å². The molecule has 1 atom stereocenters. The number of nitrogens with zero attached hydrogens (tertiary/aromatic N) is 2. The first kappa shape index (κ1) is 27.2. The molecule has 0 unspecified atom stereocenters. The number of halogens is 1. The van der Waals surface area contributed by atoms with Gasteiger partial charge in [0.05, 0.1) is 38.4 Å².